The number of hydrogen-bond donors (Lipinski definition) is 0. The Labute approximate surface area is 356 Å². The van der Waals surface area contributed by atoms with Gasteiger partial charge in [0.2, 0.25) is 0 Å². The van der Waals surface area contributed by atoms with Gasteiger partial charge < -0.3 is 14.2 Å². The van der Waals surface area contributed by atoms with Crippen LogP contribution in [0.15, 0.2) is 85.1 Å². The van der Waals surface area contributed by atoms with Gasteiger partial charge in [0.25, 0.3) is 0 Å². The van der Waals surface area contributed by atoms with Crippen molar-refractivity contribution >= 4 is 17.9 Å². The molecule has 330 valence electrons. The Morgan fingerprint density at radius 2 is 0.672 bits per heavy atom. The molecule has 0 aliphatic rings. The molecule has 0 aromatic carbocycles. The fourth-order valence-electron chi connectivity index (χ4n) is 6.13. The van der Waals surface area contributed by atoms with Crippen LogP contribution in [-0.4, -0.2) is 37.2 Å². The monoisotopic (exact) mass is 807 g/mol. The largest absolute Gasteiger partial charge is 0.462 e. The van der Waals surface area contributed by atoms with Crippen LogP contribution < -0.4 is 0 Å². The number of rotatable bonds is 41. The van der Waals surface area contributed by atoms with Crippen molar-refractivity contribution in [3.8, 4) is 0 Å². The van der Waals surface area contributed by atoms with Gasteiger partial charge in [-0.05, 0) is 77.0 Å². The van der Waals surface area contributed by atoms with Crippen LogP contribution in [0.1, 0.15) is 207 Å². The van der Waals surface area contributed by atoms with Crippen molar-refractivity contribution in [3.63, 3.8) is 0 Å². The van der Waals surface area contributed by atoms with Gasteiger partial charge in [0.15, 0.2) is 6.10 Å². The van der Waals surface area contributed by atoms with Crippen molar-refractivity contribution in [1.29, 1.82) is 0 Å². The Balaban J connectivity index is 4.21. The van der Waals surface area contributed by atoms with Gasteiger partial charge in [-0.3, -0.25) is 14.4 Å². The Bertz CT molecular complexity index is 1160. The quantitative estimate of drug-likeness (QED) is 0.0265. The first-order valence-corrected chi connectivity index (χ1v) is 23.6. The topological polar surface area (TPSA) is 78.9 Å². The summed E-state index contributed by atoms with van der Waals surface area (Å²) in [6, 6.07) is 0. The molecule has 0 saturated heterocycles. The number of ether oxygens (including phenoxy) is 3. The molecule has 6 heteroatoms. The van der Waals surface area contributed by atoms with Crippen LogP contribution in [0.4, 0.5) is 0 Å². The minimum absolute atomic E-state index is 0.0876. The molecule has 6 nitrogen and oxygen atoms in total. The lowest BCUT2D eigenvalue weighted by Crippen LogP contribution is -2.30. The molecule has 0 heterocycles. The van der Waals surface area contributed by atoms with E-state index in [9.17, 15) is 14.4 Å². The molecule has 0 amide bonds. The number of allylic oxidation sites excluding steroid dienone is 14. The van der Waals surface area contributed by atoms with E-state index in [0.29, 0.717) is 19.3 Å². The zero-order chi connectivity index (χ0) is 42.3. The van der Waals surface area contributed by atoms with Gasteiger partial charge >= 0.3 is 17.9 Å². The first-order chi connectivity index (χ1) is 28.5. The summed E-state index contributed by atoms with van der Waals surface area (Å²) < 4.78 is 16.6. The molecule has 58 heavy (non-hydrogen) atoms. The maximum atomic E-state index is 12.6. The summed E-state index contributed by atoms with van der Waals surface area (Å²) in [5, 5.41) is 0. The van der Waals surface area contributed by atoms with Crippen LogP contribution >= 0.6 is 0 Å². The van der Waals surface area contributed by atoms with Gasteiger partial charge in [-0.25, -0.2) is 0 Å². The minimum atomic E-state index is -0.782. The standard InChI is InChI=1S/C52H86O6/c1-4-7-10-13-15-17-19-20-21-22-23-24-25-26-27-28-29-30-31-32-33-35-36-39-42-45-51(54)57-48-49(47-56-50(53)44-41-38-12-9-6-3)58-52(55)46-43-40-37-34-18-16-14-11-8-5-2/h7,10,15,17,20-21,23-24,26-27,29-30,32-33,49H,4-6,8-9,11-14,16,18-19,22,25,28,31,34-48H2,1-3H3/b10-7-,17-15-,21-20-,24-23-,27-26-,30-29-,33-32-. The number of carbonyl (C=O) groups is 3. The molecular weight excluding hydrogens is 721 g/mol. The summed E-state index contributed by atoms with van der Waals surface area (Å²) in [6.07, 6.45) is 58.9. The molecule has 0 bridgehead atoms. The average Bonchev–Trinajstić information content (AvgIpc) is 3.22. The first kappa shape index (κ1) is 54.6. The molecule has 1 unspecified atom stereocenters. The van der Waals surface area contributed by atoms with Crippen molar-refractivity contribution in [1.82, 2.24) is 0 Å². The lowest BCUT2D eigenvalue weighted by atomic mass is 10.1. The van der Waals surface area contributed by atoms with Crippen molar-refractivity contribution in [2.24, 2.45) is 0 Å². The highest BCUT2D eigenvalue weighted by atomic mass is 16.6. The van der Waals surface area contributed by atoms with Crippen LogP contribution in [-0.2, 0) is 28.6 Å². The van der Waals surface area contributed by atoms with Crippen LogP contribution in [0.5, 0.6) is 0 Å². The SMILES string of the molecule is CC/C=C\C/C=C\C/C=C\C/C=C\C/C=C\C/C=C\C/C=C\CCCCCC(=O)OCC(COC(=O)CCCCCCC)OC(=O)CCCCCCCCCCCC. The zero-order valence-corrected chi connectivity index (χ0v) is 37.5. The van der Waals surface area contributed by atoms with E-state index in [1.54, 1.807) is 0 Å². The molecule has 1 atom stereocenters. The van der Waals surface area contributed by atoms with Gasteiger partial charge in [0, 0.05) is 19.3 Å². The Morgan fingerprint density at radius 1 is 0.362 bits per heavy atom. The van der Waals surface area contributed by atoms with Crippen molar-refractivity contribution < 1.29 is 28.6 Å². The summed E-state index contributed by atoms with van der Waals surface area (Å²) in [5.74, 6) is -0.943. The molecule has 0 aromatic heterocycles. The van der Waals surface area contributed by atoms with E-state index >= 15 is 0 Å². The normalized spacial score (nSPS) is 12.8. The third-order valence-corrected chi connectivity index (χ3v) is 9.66. The molecule has 0 radical (unpaired) electrons. The summed E-state index contributed by atoms with van der Waals surface area (Å²) in [7, 11) is 0. The fourth-order valence-corrected chi connectivity index (χ4v) is 6.13. The van der Waals surface area contributed by atoms with Crippen molar-refractivity contribution in [2.75, 3.05) is 13.2 Å². The highest BCUT2D eigenvalue weighted by molar-refractivity contribution is 5.71. The van der Waals surface area contributed by atoms with E-state index in [1.807, 2.05) is 0 Å². The van der Waals surface area contributed by atoms with Gasteiger partial charge in [0.05, 0.1) is 0 Å². The zero-order valence-electron chi connectivity index (χ0n) is 37.5. The van der Waals surface area contributed by atoms with Gasteiger partial charge in [-0.1, -0.05) is 196 Å². The van der Waals surface area contributed by atoms with Crippen molar-refractivity contribution in [2.45, 2.75) is 213 Å². The van der Waals surface area contributed by atoms with Gasteiger partial charge in [-0.15, -0.1) is 0 Å². The van der Waals surface area contributed by atoms with Crippen LogP contribution in [0.3, 0.4) is 0 Å². The van der Waals surface area contributed by atoms with Crippen LogP contribution in [0.25, 0.3) is 0 Å². The number of carbonyl (C=O) groups excluding carboxylic acids is 3. The highest BCUT2D eigenvalue weighted by Gasteiger charge is 2.19. The molecular formula is C52H86O6. The molecule has 0 saturated carbocycles. The number of esters is 3. The lowest BCUT2D eigenvalue weighted by molar-refractivity contribution is -0.167. The molecule has 0 fully saturated rings. The maximum absolute atomic E-state index is 12.6. The van der Waals surface area contributed by atoms with E-state index in [1.165, 1.54) is 51.4 Å². The van der Waals surface area contributed by atoms with Crippen LogP contribution in [0, 0.1) is 0 Å². The van der Waals surface area contributed by atoms with E-state index in [2.05, 4.69) is 106 Å². The van der Waals surface area contributed by atoms with Crippen LogP contribution in [0.2, 0.25) is 0 Å². The fraction of sp³-hybridized carbons (Fsp3) is 0.673. The molecule has 0 aliphatic heterocycles. The second-order valence-corrected chi connectivity index (χ2v) is 15.3. The smallest absolute Gasteiger partial charge is 0.306 e. The molecule has 0 spiro atoms. The second-order valence-electron chi connectivity index (χ2n) is 15.3. The Morgan fingerprint density at radius 3 is 1.05 bits per heavy atom. The van der Waals surface area contributed by atoms with E-state index < -0.39 is 6.10 Å². The lowest BCUT2D eigenvalue weighted by Gasteiger charge is -2.18. The third kappa shape index (κ3) is 43.7. The van der Waals surface area contributed by atoms with E-state index in [4.69, 9.17) is 14.2 Å². The van der Waals surface area contributed by atoms with E-state index in [-0.39, 0.29) is 31.1 Å². The number of unbranched alkanes of at least 4 members (excludes halogenated alkanes) is 16. The third-order valence-electron chi connectivity index (χ3n) is 9.66. The number of hydrogen-bond acceptors (Lipinski definition) is 6. The van der Waals surface area contributed by atoms with Gasteiger partial charge in [0.1, 0.15) is 13.2 Å². The molecule has 0 aromatic rings. The van der Waals surface area contributed by atoms with E-state index in [0.717, 1.165) is 116 Å². The molecule has 0 aliphatic carbocycles. The minimum Gasteiger partial charge on any atom is -0.462 e. The predicted molar refractivity (Wildman–Crippen MR) is 247 cm³/mol. The summed E-state index contributed by atoms with van der Waals surface area (Å²) in [5.41, 5.74) is 0. The maximum Gasteiger partial charge on any atom is 0.306 e. The first-order valence-electron chi connectivity index (χ1n) is 23.6. The summed E-state index contributed by atoms with van der Waals surface area (Å²) >= 11 is 0. The predicted octanol–water partition coefficient (Wildman–Crippen LogP) is 15.3. The Hall–Kier alpha value is -3.41. The molecule has 0 N–H and O–H groups in total. The molecule has 0 rings (SSSR count). The summed E-state index contributed by atoms with van der Waals surface area (Å²) in [6.45, 7) is 6.37. The summed E-state index contributed by atoms with van der Waals surface area (Å²) in [4.78, 5) is 37.4. The highest BCUT2D eigenvalue weighted by Crippen LogP contribution is 2.13. The Kier molecular flexibility index (Phi) is 43.6. The van der Waals surface area contributed by atoms with Crippen molar-refractivity contribution in [3.05, 3.63) is 85.1 Å². The average molecular weight is 807 g/mol. The van der Waals surface area contributed by atoms with Gasteiger partial charge in [-0.2, -0.15) is 0 Å². The second kappa shape index (κ2) is 46.3.